The van der Waals surface area contributed by atoms with E-state index in [0.29, 0.717) is 11.0 Å². The first-order chi connectivity index (χ1) is 8.66. The molecule has 1 aliphatic heterocycles. The molecule has 1 aromatic rings. The van der Waals surface area contributed by atoms with Crippen LogP contribution in [0.15, 0.2) is 12.1 Å². The normalized spacial score (nSPS) is 17.3. The summed E-state index contributed by atoms with van der Waals surface area (Å²) in [7, 11) is 0. The molecule has 0 bridgehead atoms. The van der Waals surface area contributed by atoms with Crippen LogP contribution in [-0.4, -0.2) is 40.1 Å². The van der Waals surface area contributed by atoms with Gasteiger partial charge in [-0.25, -0.2) is 0 Å². The van der Waals surface area contributed by atoms with E-state index in [-0.39, 0.29) is 11.9 Å². The average molecular weight is 269 g/mol. The smallest absolute Gasteiger partial charge is 0.244 e. The van der Waals surface area contributed by atoms with Crippen molar-refractivity contribution < 1.29 is 4.79 Å². The maximum Gasteiger partial charge on any atom is 0.244 e. The summed E-state index contributed by atoms with van der Waals surface area (Å²) in [5, 5.41) is 11.0. The van der Waals surface area contributed by atoms with Crippen LogP contribution in [0.4, 0.5) is 5.82 Å². The predicted octanol–water partition coefficient (Wildman–Crippen LogP) is 1.94. The first-order valence-corrected chi connectivity index (χ1v) is 6.59. The lowest BCUT2D eigenvalue weighted by molar-refractivity contribution is -0.132. The van der Waals surface area contributed by atoms with E-state index >= 15 is 0 Å². The van der Waals surface area contributed by atoms with Gasteiger partial charge in [0.25, 0.3) is 0 Å². The third kappa shape index (κ3) is 3.32. The molecular formula is C12H17ClN4O. The Labute approximate surface area is 112 Å². The molecule has 98 valence electrons. The van der Waals surface area contributed by atoms with E-state index in [1.165, 1.54) is 6.42 Å². The molecule has 1 atom stereocenters. The molecule has 0 saturated carbocycles. The Hall–Kier alpha value is -1.36. The second-order valence-electron chi connectivity index (χ2n) is 4.49. The summed E-state index contributed by atoms with van der Waals surface area (Å²) in [6.45, 7) is 3.56. The fourth-order valence-electron chi connectivity index (χ4n) is 2.06. The first kappa shape index (κ1) is 13.1. The monoisotopic (exact) mass is 268 g/mol. The zero-order chi connectivity index (χ0) is 13.0. The van der Waals surface area contributed by atoms with Gasteiger partial charge in [-0.2, -0.15) is 0 Å². The van der Waals surface area contributed by atoms with Gasteiger partial charge in [0, 0.05) is 13.1 Å². The minimum Gasteiger partial charge on any atom is -0.357 e. The number of halogens is 1. The zero-order valence-corrected chi connectivity index (χ0v) is 11.2. The molecule has 18 heavy (non-hydrogen) atoms. The van der Waals surface area contributed by atoms with E-state index < -0.39 is 0 Å². The number of nitrogens with one attached hydrogen (secondary N) is 1. The number of rotatable bonds is 3. The van der Waals surface area contributed by atoms with Crippen LogP contribution in [0.2, 0.25) is 5.15 Å². The Balaban J connectivity index is 1.92. The van der Waals surface area contributed by atoms with Crippen molar-refractivity contribution in [1.82, 2.24) is 15.1 Å². The topological polar surface area (TPSA) is 58.1 Å². The quantitative estimate of drug-likeness (QED) is 0.910. The molecule has 1 aliphatic rings. The number of amides is 1. The van der Waals surface area contributed by atoms with Gasteiger partial charge >= 0.3 is 0 Å². The molecule has 0 aromatic carbocycles. The molecule has 2 heterocycles. The SMILES string of the molecule is CC(Nc1ccc(Cl)nn1)C(=O)N1CCCCC1. The van der Waals surface area contributed by atoms with Gasteiger partial charge in [0.15, 0.2) is 5.15 Å². The molecular weight excluding hydrogens is 252 g/mol. The number of likely N-dealkylation sites (tertiary alicyclic amines) is 1. The zero-order valence-electron chi connectivity index (χ0n) is 10.4. The highest BCUT2D eigenvalue weighted by molar-refractivity contribution is 6.29. The largest absolute Gasteiger partial charge is 0.357 e. The molecule has 1 aromatic heterocycles. The van der Waals surface area contributed by atoms with Crippen LogP contribution in [0.5, 0.6) is 0 Å². The fourth-order valence-corrected chi connectivity index (χ4v) is 2.17. The van der Waals surface area contributed by atoms with E-state index in [4.69, 9.17) is 11.6 Å². The summed E-state index contributed by atoms with van der Waals surface area (Å²) in [5.41, 5.74) is 0. The van der Waals surface area contributed by atoms with Gasteiger partial charge in [0.05, 0.1) is 0 Å². The number of nitrogens with zero attached hydrogens (tertiary/aromatic N) is 3. The maximum atomic E-state index is 12.2. The van der Waals surface area contributed by atoms with E-state index in [2.05, 4.69) is 15.5 Å². The summed E-state index contributed by atoms with van der Waals surface area (Å²) in [4.78, 5) is 14.1. The summed E-state index contributed by atoms with van der Waals surface area (Å²) < 4.78 is 0. The minimum absolute atomic E-state index is 0.117. The van der Waals surface area contributed by atoms with Crippen LogP contribution in [0.25, 0.3) is 0 Å². The van der Waals surface area contributed by atoms with Gasteiger partial charge in [0.1, 0.15) is 11.9 Å². The summed E-state index contributed by atoms with van der Waals surface area (Å²) in [6, 6.07) is 3.07. The second-order valence-corrected chi connectivity index (χ2v) is 4.88. The van der Waals surface area contributed by atoms with Crippen molar-refractivity contribution >= 4 is 23.3 Å². The maximum absolute atomic E-state index is 12.2. The van der Waals surface area contributed by atoms with E-state index in [1.807, 2.05) is 11.8 Å². The van der Waals surface area contributed by atoms with Crippen molar-refractivity contribution in [2.45, 2.75) is 32.2 Å². The van der Waals surface area contributed by atoms with Crippen LogP contribution in [0.1, 0.15) is 26.2 Å². The Kier molecular flexibility index (Phi) is 4.36. The molecule has 1 N–H and O–H groups in total. The Bertz CT molecular complexity index is 403. The van der Waals surface area contributed by atoms with Gasteiger partial charge < -0.3 is 10.2 Å². The van der Waals surface area contributed by atoms with E-state index in [0.717, 1.165) is 25.9 Å². The first-order valence-electron chi connectivity index (χ1n) is 6.21. The molecule has 0 aliphatic carbocycles. The predicted molar refractivity (Wildman–Crippen MR) is 70.6 cm³/mol. The molecule has 5 nitrogen and oxygen atoms in total. The third-order valence-corrected chi connectivity index (χ3v) is 3.24. The molecule has 1 unspecified atom stereocenters. The van der Waals surface area contributed by atoms with Gasteiger partial charge in [-0.05, 0) is 38.3 Å². The number of aromatic nitrogens is 2. The summed E-state index contributed by atoms with van der Waals surface area (Å²) >= 11 is 5.66. The van der Waals surface area contributed by atoms with Crippen LogP contribution >= 0.6 is 11.6 Å². The van der Waals surface area contributed by atoms with Crippen molar-refractivity contribution in [2.24, 2.45) is 0 Å². The average Bonchev–Trinajstić information content (AvgIpc) is 2.41. The lowest BCUT2D eigenvalue weighted by Crippen LogP contribution is -2.44. The number of hydrogen-bond acceptors (Lipinski definition) is 4. The van der Waals surface area contributed by atoms with Gasteiger partial charge in [-0.15, -0.1) is 10.2 Å². The number of anilines is 1. The van der Waals surface area contributed by atoms with Crippen molar-refractivity contribution in [2.75, 3.05) is 18.4 Å². The van der Waals surface area contributed by atoms with Crippen LogP contribution in [0, 0.1) is 0 Å². The highest BCUT2D eigenvalue weighted by Gasteiger charge is 2.22. The molecule has 1 fully saturated rings. The van der Waals surface area contributed by atoms with Crippen molar-refractivity contribution in [3.05, 3.63) is 17.3 Å². The van der Waals surface area contributed by atoms with Crippen LogP contribution < -0.4 is 5.32 Å². The lowest BCUT2D eigenvalue weighted by Gasteiger charge is -2.29. The molecule has 6 heteroatoms. The second kappa shape index (κ2) is 6.00. The van der Waals surface area contributed by atoms with Gasteiger partial charge in [-0.3, -0.25) is 4.79 Å². The fraction of sp³-hybridized carbons (Fsp3) is 0.583. The van der Waals surface area contributed by atoms with Gasteiger partial charge in [0.2, 0.25) is 5.91 Å². The van der Waals surface area contributed by atoms with E-state index in [9.17, 15) is 4.79 Å². The highest BCUT2D eigenvalue weighted by Crippen LogP contribution is 2.12. The van der Waals surface area contributed by atoms with Crippen LogP contribution in [-0.2, 0) is 4.79 Å². The molecule has 0 spiro atoms. The van der Waals surface area contributed by atoms with Crippen molar-refractivity contribution in [3.63, 3.8) is 0 Å². The molecule has 1 saturated heterocycles. The van der Waals surface area contributed by atoms with Crippen LogP contribution in [0.3, 0.4) is 0 Å². The Morgan fingerprint density at radius 1 is 1.33 bits per heavy atom. The summed E-state index contributed by atoms with van der Waals surface area (Å²) in [6.07, 6.45) is 3.41. The highest BCUT2D eigenvalue weighted by atomic mass is 35.5. The minimum atomic E-state index is -0.293. The van der Waals surface area contributed by atoms with Crippen molar-refractivity contribution in [3.8, 4) is 0 Å². The third-order valence-electron chi connectivity index (χ3n) is 3.03. The number of hydrogen-bond donors (Lipinski definition) is 1. The number of piperidine rings is 1. The Morgan fingerprint density at radius 3 is 2.67 bits per heavy atom. The van der Waals surface area contributed by atoms with Crippen molar-refractivity contribution in [1.29, 1.82) is 0 Å². The molecule has 2 rings (SSSR count). The standard InChI is InChI=1S/C12H17ClN4O/c1-9(12(18)17-7-3-2-4-8-17)14-11-6-5-10(13)15-16-11/h5-6,9H,2-4,7-8H2,1H3,(H,14,16). The number of carbonyl (C=O) groups is 1. The Morgan fingerprint density at radius 2 is 2.06 bits per heavy atom. The lowest BCUT2D eigenvalue weighted by atomic mass is 10.1. The molecule has 0 radical (unpaired) electrons. The van der Waals surface area contributed by atoms with E-state index in [1.54, 1.807) is 12.1 Å². The summed E-state index contributed by atoms with van der Waals surface area (Å²) in [5.74, 6) is 0.684. The van der Waals surface area contributed by atoms with Gasteiger partial charge in [-0.1, -0.05) is 11.6 Å². The number of carbonyl (C=O) groups excluding carboxylic acids is 1. The molecule has 1 amide bonds.